The highest BCUT2D eigenvalue weighted by Gasteiger charge is 2.58. The summed E-state index contributed by atoms with van der Waals surface area (Å²) in [6.07, 6.45) is 5.47. The first-order valence-electron chi connectivity index (χ1n) is 9.43. The Morgan fingerprint density at radius 2 is 1.96 bits per heavy atom. The SMILES string of the molecule is CC1CCCC(C)C12NC(=O)N(CN(Cc1cccs1)C1CC1)C2=O. The predicted molar refractivity (Wildman–Crippen MR) is 98.0 cm³/mol. The molecule has 1 aromatic rings. The lowest BCUT2D eigenvalue weighted by Gasteiger charge is -2.42. The Morgan fingerprint density at radius 3 is 2.56 bits per heavy atom. The Bertz CT molecular complexity index is 646. The van der Waals surface area contributed by atoms with Gasteiger partial charge in [-0.3, -0.25) is 9.69 Å². The second kappa shape index (κ2) is 6.40. The van der Waals surface area contributed by atoms with Crippen molar-refractivity contribution in [3.05, 3.63) is 22.4 Å². The third-order valence-corrected chi connectivity index (χ3v) is 7.17. The van der Waals surface area contributed by atoms with Crippen LogP contribution in [0.1, 0.15) is 50.8 Å². The summed E-state index contributed by atoms with van der Waals surface area (Å²) in [5, 5.41) is 5.18. The molecule has 1 aliphatic heterocycles. The van der Waals surface area contributed by atoms with Crippen molar-refractivity contribution in [3.63, 3.8) is 0 Å². The van der Waals surface area contributed by atoms with E-state index < -0.39 is 5.54 Å². The van der Waals surface area contributed by atoms with E-state index >= 15 is 0 Å². The number of nitrogens with one attached hydrogen (secondary N) is 1. The molecule has 2 unspecified atom stereocenters. The number of carbonyl (C=O) groups is 2. The number of thiophene rings is 1. The van der Waals surface area contributed by atoms with Crippen LogP contribution in [0, 0.1) is 11.8 Å². The van der Waals surface area contributed by atoms with Crippen LogP contribution in [0.15, 0.2) is 17.5 Å². The summed E-state index contributed by atoms with van der Waals surface area (Å²) in [6.45, 7) is 5.45. The Kier molecular flexibility index (Phi) is 4.36. The normalized spacial score (nSPS) is 32.7. The summed E-state index contributed by atoms with van der Waals surface area (Å²) < 4.78 is 0. The molecule has 0 bridgehead atoms. The lowest BCUT2D eigenvalue weighted by atomic mass is 9.67. The first-order chi connectivity index (χ1) is 12.0. The zero-order chi connectivity index (χ0) is 17.6. The van der Waals surface area contributed by atoms with Gasteiger partial charge >= 0.3 is 6.03 Å². The van der Waals surface area contributed by atoms with Gasteiger partial charge in [0, 0.05) is 17.5 Å². The quantitative estimate of drug-likeness (QED) is 0.818. The van der Waals surface area contributed by atoms with Crippen LogP contribution in [-0.4, -0.2) is 40.0 Å². The summed E-state index contributed by atoms with van der Waals surface area (Å²) >= 11 is 1.73. The van der Waals surface area contributed by atoms with Crippen molar-refractivity contribution in [2.45, 2.75) is 64.1 Å². The highest BCUT2D eigenvalue weighted by atomic mass is 32.1. The van der Waals surface area contributed by atoms with Gasteiger partial charge in [-0.2, -0.15) is 0 Å². The third-order valence-electron chi connectivity index (χ3n) is 6.31. The minimum Gasteiger partial charge on any atom is -0.323 e. The summed E-state index contributed by atoms with van der Waals surface area (Å²) in [7, 11) is 0. The lowest BCUT2D eigenvalue weighted by molar-refractivity contribution is -0.138. The molecule has 4 rings (SSSR count). The van der Waals surface area contributed by atoms with Gasteiger partial charge in [0.15, 0.2) is 0 Å². The second-order valence-electron chi connectivity index (χ2n) is 7.96. The predicted octanol–water partition coefficient (Wildman–Crippen LogP) is 3.42. The zero-order valence-corrected chi connectivity index (χ0v) is 15.8. The van der Waals surface area contributed by atoms with Crippen molar-refractivity contribution in [2.75, 3.05) is 6.67 Å². The maximum Gasteiger partial charge on any atom is 0.326 e. The van der Waals surface area contributed by atoms with E-state index in [-0.39, 0.29) is 23.8 Å². The smallest absolute Gasteiger partial charge is 0.323 e. The van der Waals surface area contributed by atoms with Crippen LogP contribution in [0.5, 0.6) is 0 Å². The van der Waals surface area contributed by atoms with E-state index in [2.05, 4.69) is 41.6 Å². The van der Waals surface area contributed by atoms with Crippen molar-refractivity contribution < 1.29 is 9.59 Å². The van der Waals surface area contributed by atoms with E-state index in [1.807, 2.05) is 0 Å². The average molecular weight is 362 g/mol. The molecule has 1 saturated heterocycles. The molecule has 3 fully saturated rings. The summed E-state index contributed by atoms with van der Waals surface area (Å²) in [4.78, 5) is 31.1. The van der Waals surface area contributed by atoms with E-state index in [0.717, 1.165) is 38.6 Å². The number of carbonyl (C=O) groups excluding carboxylic acids is 2. The Morgan fingerprint density at radius 1 is 1.24 bits per heavy atom. The fourth-order valence-electron chi connectivity index (χ4n) is 4.60. The van der Waals surface area contributed by atoms with E-state index in [0.29, 0.717) is 12.7 Å². The van der Waals surface area contributed by atoms with E-state index in [1.54, 1.807) is 11.3 Å². The molecule has 2 saturated carbocycles. The van der Waals surface area contributed by atoms with Crippen molar-refractivity contribution >= 4 is 23.3 Å². The van der Waals surface area contributed by atoms with Crippen LogP contribution in [0.3, 0.4) is 0 Å². The van der Waals surface area contributed by atoms with Gasteiger partial charge in [0.1, 0.15) is 5.54 Å². The molecule has 6 heteroatoms. The Labute approximate surface area is 153 Å². The van der Waals surface area contributed by atoms with Gasteiger partial charge in [-0.05, 0) is 49.0 Å². The number of amides is 3. The average Bonchev–Trinajstić information content (AvgIpc) is 3.25. The van der Waals surface area contributed by atoms with Gasteiger partial charge in [0.2, 0.25) is 0 Å². The van der Waals surface area contributed by atoms with Crippen molar-refractivity contribution in [2.24, 2.45) is 11.8 Å². The molecule has 1 N–H and O–H groups in total. The lowest BCUT2D eigenvalue weighted by Crippen LogP contribution is -2.59. The first kappa shape index (κ1) is 17.0. The fraction of sp³-hybridized carbons (Fsp3) is 0.684. The van der Waals surface area contributed by atoms with E-state index in [9.17, 15) is 9.59 Å². The third kappa shape index (κ3) is 2.89. The number of urea groups is 1. The number of rotatable bonds is 5. The number of imide groups is 1. The number of hydrogen-bond donors (Lipinski definition) is 1. The van der Waals surface area contributed by atoms with Crippen LogP contribution < -0.4 is 5.32 Å². The molecule has 0 radical (unpaired) electrons. The molecule has 2 atom stereocenters. The van der Waals surface area contributed by atoms with Gasteiger partial charge in [-0.25, -0.2) is 9.69 Å². The fourth-order valence-corrected chi connectivity index (χ4v) is 5.33. The van der Waals surface area contributed by atoms with Crippen LogP contribution in [0.4, 0.5) is 4.79 Å². The Balaban J connectivity index is 1.53. The molecule has 136 valence electrons. The van der Waals surface area contributed by atoms with E-state index in [1.165, 1.54) is 9.78 Å². The Hall–Kier alpha value is -1.40. The molecule has 25 heavy (non-hydrogen) atoms. The van der Waals surface area contributed by atoms with Crippen LogP contribution in [-0.2, 0) is 11.3 Å². The molecule has 3 amide bonds. The molecule has 0 aromatic carbocycles. The monoisotopic (exact) mass is 361 g/mol. The summed E-state index contributed by atoms with van der Waals surface area (Å²) in [5.74, 6) is 0.391. The number of hydrogen-bond acceptors (Lipinski definition) is 4. The first-order valence-corrected chi connectivity index (χ1v) is 10.3. The summed E-state index contributed by atoms with van der Waals surface area (Å²) in [5.41, 5.74) is -0.687. The largest absolute Gasteiger partial charge is 0.326 e. The van der Waals surface area contributed by atoms with Gasteiger partial charge in [0.05, 0.1) is 6.67 Å². The molecule has 1 spiro atoms. The molecule has 2 heterocycles. The maximum atomic E-state index is 13.3. The standard InChI is InChI=1S/C19H27N3O2S/c1-13-5-3-6-14(2)19(13)17(23)22(18(24)20-19)12-21(15-8-9-15)11-16-7-4-10-25-16/h4,7,10,13-15H,3,5-6,8-9,11-12H2,1-2H3,(H,20,24). The van der Waals surface area contributed by atoms with Crippen molar-refractivity contribution in [3.8, 4) is 0 Å². The molecule has 2 aliphatic carbocycles. The zero-order valence-electron chi connectivity index (χ0n) is 15.0. The molecule has 1 aromatic heterocycles. The molecular weight excluding hydrogens is 334 g/mol. The minimum atomic E-state index is -0.687. The van der Waals surface area contributed by atoms with Gasteiger partial charge in [-0.15, -0.1) is 11.3 Å². The molecule has 3 aliphatic rings. The maximum absolute atomic E-state index is 13.3. The van der Waals surface area contributed by atoms with Crippen LogP contribution >= 0.6 is 11.3 Å². The minimum absolute atomic E-state index is 0.00553. The van der Waals surface area contributed by atoms with Crippen molar-refractivity contribution in [1.82, 2.24) is 15.1 Å². The molecular formula is C19H27N3O2S. The van der Waals surface area contributed by atoms with E-state index in [4.69, 9.17) is 0 Å². The summed E-state index contributed by atoms with van der Waals surface area (Å²) in [6, 6.07) is 4.47. The topological polar surface area (TPSA) is 52.7 Å². The van der Waals surface area contributed by atoms with Gasteiger partial charge < -0.3 is 5.32 Å². The van der Waals surface area contributed by atoms with Crippen LogP contribution in [0.2, 0.25) is 0 Å². The highest BCUT2D eigenvalue weighted by Crippen LogP contribution is 2.42. The highest BCUT2D eigenvalue weighted by molar-refractivity contribution is 7.09. The van der Waals surface area contributed by atoms with Gasteiger partial charge in [0.25, 0.3) is 5.91 Å². The van der Waals surface area contributed by atoms with Gasteiger partial charge in [-0.1, -0.05) is 26.3 Å². The van der Waals surface area contributed by atoms with Crippen molar-refractivity contribution in [1.29, 1.82) is 0 Å². The van der Waals surface area contributed by atoms with Crippen LogP contribution in [0.25, 0.3) is 0 Å². The molecule has 5 nitrogen and oxygen atoms in total. The second-order valence-corrected chi connectivity index (χ2v) is 9.00. The number of nitrogens with zero attached hydrogens (tertiary/aromatic N) is 2.